The quantitative estimate of drug-likeness (QED) is 0.282. The van der Waals surface area contributed by atoms with Crippen molar-refractivity contribution in [1.82, 2.24) is 10.2 Å². The molecule has 1 aliphatic carbocycles. The number of unbranched alkanes of at least 4 members (excludes halogenated alkanes) is 1. The Bertz CT molecular complexity index is 687. The fourth-order valence-corrected chi connectivity index (χ4v) is 2.64. The molecule has 2 amide bonds. The monoisotopic (exact) mass is 311 g/mol. The Morgan fingerprint density at radius 2 is 2.22 bits per heavy atom. The Morgan fingerprint density at radius 1 is 1.43 bits per heavy atom. The number of rotatable bonds is 4. The van der Waals surface area contributed by atoms with Gasteiger partial charge in [-0.15, -0.1) is 0 Å². The number of aliphatic imine (C=N–C) groups is 1. The van der Waals surface area contributed by atoms with E-state index in [2.05, 4.69) is 28.7 Å². The number of carbonyl (C=O) groups is 2. The third-order valence-electron chi connectivity index (χ3n) is 3.82. The predicted octanol–water partition coefficient (Wildman–Crippen LogP) is 1.59. The Balaban J connectivity index is 1.85. The first-order chi connectivity index (χ1) is 11.1. The van der Waals surface area contributed by atoms with Gasteiger partial charge in [0, 0.05) is 38.2 Å². The molecular formula is C18H21N3O2. The lowest BCUT2D eigenvalue weighted by Gasteiger charge is -2.13. The molecule has 0 aromatic rings. The second-order valence-corrected chi connectivity index (χ2v) is 5.30. The molecule has 0 saturated heterocycles. The topological polar surface area (TPSA) is 61.8 Å². The van der Waals surface area contributed by atoms with E-state index in [1.54, 1.807) is 20.2 Å². The van der Waals surface area contributed by atoms with Crippen molar-refractivity contribution in [3.8, 4) is 11.8 Å². The van der Waals surface area contributed by atoms with E-state index in [-0.39, 0.29) is 11.8 Å². The summed E-state index contributed by atoms with van der Waals surface area (Å²) < 4.78 is 0. The molecule has 2 aliphatic rings. The molecule has 120 valence electrons. The van der Waals surface area contributed by atoms with Crippen molar-refractivity contribution < 1.29 is 9.59 Å². The Morgan fingerprint density at radius 3 is 2.87 bits per heavy atom. The highest BCUT2D eigenvalue weighted by Crippen LogP contribution is 2.28. The fraction of sp³-hybridized carbons (Fsp3) is 0.389. The molecule has 0 spiro atoms. The van der Waals surface area contributed by atoms with Crippen LogP contribution in [0.1, 0.15) is 25.7 Å². The lowest BCUT2D eigenvalue weighted by atomic mass is 10.00. The molecule has 5 heteroatoms. The van der Waals surface area contributed by atoms with Crippen LogP contribution in [0.15, 0.2) is 40.4 Å². The van der Waals surface area contributed by atoms with Crippen LogP contribution >= 0.6 is 0 Å². The van der Waals surface area contributed by atoms with Gasteiger partial charge in [-0.1, -0.05) is 30.6 Å². The molecule has 5 nitrogen and oxygen atoms in total. The third-order valence-corrected chi connectivity index (χ3v) is 3.82. The Hall–Kier alpha value is -2.61. The third kappa shape index (κ3) is 3.59. The van der Waals surface area contributed by atoms with Crippen molar-refractivity contribution >= 4 is 17.6 Å². The van der Waals surface area contributed by atoms with Gasteiger partial charge in [0.05, 0.1) is 5.57 Å². The van der Waals surface area contributed by atoms with Crippen LogP contribution < -0.4 is 5.32 Å². The zero-order chi connectivity index (χ0) is 16.8. The van der Waals surface area contributed by atoms with E-state index in [4.69, 9.17) is 0 Å². The standard InChI is InChI=1S/C18H21N3O2/c1-13(16(19-2)20-3)9-5-4-8-12-21-17(22)14-10-6-7-11-15(14)18(21)23/h6,10H,1,4,7-8,11-12H2,2-3H3,(H,19,20). The molecule has 0 atom stereocenters. The van der Waals surface area contributed by atoms with Gasteiger partial charge < -0.3 is 5.32 Å². The number of allylic oxidation sites excluding steroid dienone is 1. The molecule has 23 heavy (non-hydrogen) atoms. The minimum Gasteiger partial charge on any atom is -0.372 e. The summed E-state index contributed by atoms with van der Waals surface area (Å²) in [5.41, 5.74) is 1.86. The molecule has 1 heterocycles. The van der Waals surface area contributed by atoms with Crippen molar-refractivity contribution in [3.63, 3.8) is 0 Å². The van der Waals surface area contributed by atoms with Gasteiger partial charge in [-0.3, -0.25) is 19.5 Å². The molecule has 0 bridgehead atoms. The largest absolute Gasteiger partial charge is 0.372 e. The van der Waals surface area contributed by atoms with Gasteiger partial charge in [0.2, 0.25) is 0 Å². The van der Waals surface area contributed by atoms with Crippen LogP contribution in [0, 0.1) is 11.8 Å². The van der Waals surface area contributed by atoms with E-state index in [1.165, 1.54) is 4.90 Å². The first kappa shape index (κ1) is 16.8. The highest BCUT2D eigenvalue weighted by atomic mass is 16.2. The van der Waals surface area contributed by atoms with Crippen LogP contribution in [0.5, 0.6) is 0 Å². The van der Waals surface area contributed by atoms with Crippen LogP contribution in [0.2, 0.25) is 0 Å². The second-order valence-electron chi connectivity index (χ2n) is 5.30. The summed E-state index contributed by atoms with van der Waals surface area (Å²) in [6.45, 7) is 4.25. The number of amidine groups is 1. The summed E-state index contributed by atoms with van der Waals surface area (Å²) in [6, 6.07) is 0. The molecule has 1 N–H and O–H groups in total. The first-order valence-corrected chi connectivity index (χ1v) is 7.68. The minimum atomic E-state index is -0.172. The number of amides is 2. The zero-order valence-electron chi connectivity index (χ0n) is 13.6. The maximum atomic E-state index is 12.2. The van der Waals surface area contributed by atoms with Crippen molar-refractivity contribution in [2.75, 3.05) is 20.6 Å². The van der Waals surface area contributed by atoms with E-state index < -0.39 is 0 Å². The van der Waals surface area contributed by atoms with Gasteiger partial charge in [0.15, 0.2) is 0 Å². The predicted molar refractivity (Wildman–Crippen MR) is 90.7 cm³/mol. The zero-order valence-corrected chi connectivity index (χ0v) is 13.6. The summed E-state index contributed by atoms with van der Waals surface area (Å²) in [5, 5.41) is 2.92. The van der Waals surface area contributed by atoms with E-state index in [1.807, 2.05) is 6.08 Å². The van der Waals surface area contributed by atoms with Crippen molar-refractivity contribution in [1.29, 1.82) is 0 Å². The number of hydrogen-bond acceptors (Lipinski definition) is 3. The van der Waals surface area contributed by atoms with E-state index in [9.17, 15) is 9.59 Å². The molecule has 2 rings (SSSR count). The lowest BCUT2D eigenvalue weighted by molar-refractivity contribution is -0.137. The smallest absolute Gasteiger partial charge is 0.261 e. The van der Waals surface area contributed by atoms with Crippen LogP contribution in [0.25, 0.3) is 0 Å². The van der Waals surface area contributed by atoms with Gasteiger partial charge in [-0.2, -0.15) is 0 Å². The molecule has 0 fully saturated rings. The van der Waals surface area contributed by atoms with Crippen LogP contribution in [0.3, 0.4) is 0 Å². The SMILES string of the molecule is C=C(C#CCCCN1C(=O)C2=C(CCC=C2)C1=O)C(=NC)NC. The summed E-state index contributed by atoms with van der Waals surface area (Å²) in [5.74, 6) is 6.29. The number of carbonyl (C=O) groups excluding carboxylic acids is 2. The number of nitrogens with one attached hydrogen (secondary N) is 1. The van der Waals surface area contributed by atoms with Gasteiger partial charge in [0.1, 0.15) is 5.84 Å². The average molecular weight is 311 g/mol. The van der Waals surface area contributed by atoms with Crippen LogP contribution in [0.4, 0.5) is 0 Å². The van der Waals surface area contributed by atoms with Crippen LogP contribution in [-0.4, -0.2) is 43.2 Å². The summed E-state index contributed by atoms with van der Waals surface area (Å²) in [6.07, 6.45) is 6.45. The number of likely N-dealkylation sites (N-methyl/N-ethyl adjacent to an activating group) is 1. The highest BCUT2D eigenvalue weighted by molar-refractivity contribution is 6.20. The molecule has 0 aromatic carbocycles. The van der Waals surface area contributed by atoms with Crippen molar-refractivity contribution in [2.24, 2.45) is 4.99 Å². The van der Waals surface area contributed by atoms with Gasteiger partial charge in [-0.05, 0) is 19.3 Å². The molecule has 0 radical (unpaired) electrons. The van der Waals surface area contributed by atoms with E-state index >= 15 is 0 Å². The van der Waals surface area contributed by atoms with Crippen LogP contribution in [-0.2, 0) is 9.59 Å². The molecule has 0 unspecified atom stereocenters. The maximum absolute atomic E-state index is 12.2. The molecule has 0 aromatic heterocycles. The number of hydrogen-bond donors (Lipinski definition) is 1. The minimum absolute atomic E-state index is 0.137. The normalized spacial score (nSPS) is 17.1. The lowest BCUT2D eigenvalue weighted by Crippen LogP contribution is -2.32. The van der Waals surface area contributed by atoms with Gasteiger partial charge in [0.25, 0.3) is 11.8 Å². The number of imide groups is 1. The molecule has 0 saturated carbocycles. The van der Waals surface area contributed by atoms with Gasteiger partial charge >= 0.3 is 0 Å². The summed E-state index contributed by atoms with van der Waals surface area (Å²) >= 11 is 0. The second kappa shape index (κ2) is 7.59. The first-order valence-electron chi connectivity index (χ1n) is 7.68. The molecule has 1 aliphatic heterocycles. The van der Waals surface area contributed by atoms with Crippen molar-refractivity contribution in [3.05, 3.63) is 35.5 Å². The molecular weight excluding hydrogens is 290 g/mol. The van der Waals surface area contributed by atoms with Crippen molar-refractivity contribution in [2.45, 2.75) is 25.7 Å². The summed E-state index contributed by atoms with van der Waals surface area (Å²) in [4.78, 5) is 29.8. The number of nitrogens with zero attached hydrogens (tertiary/aromatic N) is 2. The Labute approximate surface area is 136 Å². The maximum Gasteiger partial charge on any atom is 0.261 e. The average Bonchev–Trinajstić information content (AvgIpc) is 2.81. The van der Waals surface area contributed by atoms with Gasteiger partial charge in [-0.25, -0.2) is 0 Å². The fourth-order valence-electron chi connectivity index (χ4n) is 2.64. The summed E-state index contributed by atoms with van der Waals surface area (Å²) in [7, 11) is 3.44. The Kier molecular flexibility index (Phi) is 5.53. The highest BCUT2D eigenvalue weighted by Gasteiger charge is 2.36. The van der Waals surface area contributed by atoms with E-state index in [0.29, 0.717) is 48.4 Å². The van der Waals surface area contributed by atoms with E-state index in [0.717, 1.165) is 6.42 Å².